The maximum atomic E-state index is 13.1. The van der Waals surface area contributed by atoms with Gasteiger partial charge in [-0.1, -0.05) is 11.6 Å². The third-order valence-corrected chi connectivity index (χ3v) is 3.51. The van der Waals surface area contributed by atoms with Gasteiger partial charge in [0.2, 0.25) is 5.88 Å². The number of carbonyl (C=O) groups is 1. The van der Waals surface area contributed by atoms with E-state index in [2.05, 4.69) is 4.98 Å². The number of benzene rings is 1. The van der Waals surface area contributed by atoms with Crippen molar-refractivity contribution in [3.8, 4) is 5.88 Å². The van der Waals surface area contributed by atoms with Crippen molar-refractivity contribution in [2.24, 2.45) is 0 Å². The molecule has 114 valence electrons. The van der Waals surface area contributed by atoms with E-state index in [1.807, 2.05) is 0 Å². The Bertz CT molecular complexity index is 703. The molecule has 1 aliphatic heterocycles. The van der Waals surface area contributed by atoms with Gasteiger partial charge in [0.05, 0.1) is 18.1 Å². The van der Waals surface area contributed by atoms with Crippen LogP contribution in [0.5, 0.6) is 5.88 Å². The van der Waals surface area contributed by atoms with Gasteiger partial charge in [-0.3, -0.25) is 4.79 Å². The van der Waals surface area contributed by atoms with Crippen LogP contribution in [0, 0.1) is 11.6 Å². The van der Waals surface area contributed by atoms with Crippen LogP contribution >= 0.6 is 11.6 Å². The molecule has 0 radical (unpaired) electrons. The van der Waals surface area contributed by atoms with Gasteiger partial charge in [0.25, 0.3) is 5.91 Å². The van der Waals surface area contributed by atoms with E-state index in [1.165, 1.54) is 17.2 Å². The molecule has 0 spiro atoms. The molecule has 3 rings (SSSR count). The summed E-state index contributed by atoms with van der Waals surface area (Å²) in [6.45, 7) is 0.726. The Morgan fingerprint density at radius 2 is 2.00 bits per heavy atom. The number of rotatable bonds is 3. The van der Waals surface area contributed by atoms with Crippen LogP contribution in [0.4, 0.5) is 8.78 Å². The van der Waals surface area contributed by atoms with Gasteiger partial charge in [-0.25, -0.2) is 13.8 Å². The highest BCUT2D eigenvalue weighted by Crippen LogP contribution is 2.20. The summed E-state index contributed by atoms with van der Waals surface area (Å²) in [4.78, 5) is 17.6. The molecule has 4 nitrogen and oxygen atoms in total. The van der Waals surface area contributed by atoms with Gasteiger partial charge in [-0.2, -0.15) is 0 Å². The zero-order valence-electron chi connectivity index (χ0n) is 11.3. The molecule has 0 unspecified atom stereocenters. The summed E-state index contributed by atoms with van der Waals surface area (Å²) in [6, 6.07) is 6.39. The predicted molar refractivity (Wildman–Crippen MR) is 75.9 cm³/mol. The molecule has 0 atom stereocenters. The smallest absolute Gasteiger partial charge is 0.254 e. The van der Waals surface area contributed by atoms with Crippen molar-refractivity contribution in [2.75, 3.05) is 13.1 Å². The first-order chi connectivity index (χ1) is 10.5. The standard InChI is InChI=1S/C15H11ClF2N2O2/c16-10-2-4-14(19-6-10)22-11-7-20(8-11)15(21)9-1-3-12(17)13(18)5-9/h1-6,11H,7-8H2. The Labute approximate surface area is 130 Å². The lowest BCUT2D eigenvalue weighted by Crippen LogP contribution is -2.56. The molecule has 1 aliphatic rings. The molecule has 1 amide bonds. The zero-order chi connectivity index (χ0) is 15.7. The van der Waals surface area contributed by atoms with Crippen molar-refractivity contribution in [1.29, 1.82) is 0 Å². The molecular formula is C15H11ClF2N2O2. The second kappa shape index (κ2) is 5.88. The summed E-state index contributed by atoms with van der Waals surface area (Å²) < 4.78 is 31.6. The first-order valence-corrected chi connectivity index (χ1v) is 6.93. The van der Waals surface area contributed by atoms with E-state index in [0.29, 0.717) is 24.0 Å². The number of likely N-dealkylation sites (tertiary alicyclic amines) is 1. The minimum absolute atomic E-state index is 0.113. The normalized spacial score (nSPS) is 14.6. The molecule has 1 saturated heterocycles. The first kappa shape index (κ1) is 14.7. The van der Waals surface area contributed by atoms with Crippen molar-refractivity contribution in [1.82, 2.24) is 9.88 Å². The predicted octanol–water partition coefficient (Wildman–Crippen LogP) is 2.92. The lowest BCUT2D eigenvalue weighted by Gasteiger charge is -2.38. The molecule has 0 N–H and O–H groups in total. The Balaban J connectivity index is 1.57. The molecular weight excluding hydrogens is 314 g/mol. The van der Waals surface area contributed by atoms with E-state index >= 15 is 0 Å². The summed E-state index contributed by atoms with van der Waals surface area (Å²) in [6.07, 6.45) is 1.29. The van der Waals surface area contributed by atoms with Gasteiger partial charge in [-0.05, 0) is 24.3 Å². The third kappa shape index (κ3) is 3.01. The fraction of sp³-hybridized carbons (Fsp3) is 0.200. The monoisotopic (exact) mass is 324 g/mol. The van der Waals surface area contributed by atoms with Crippen molar-refractivity contribution < 1.29 is 18.3 Å². The number of carbonyl (C=O) groups excluding carboxylic acids is 1. The highest BCUT2D eigenvalue weighted by Gasteiger charge is 2.33. The van der Waals surface area contributed by atoms with Gasteiger partial charge in [0.1, 0.15) is 6.10 Å². The number of nitrogens with zero attached hydrogens (tertiary/aromatic N) is 2. The summed E-state index contributed by atoms with van der Waals surface area (Å²) in [5.41, 5.74) is 0.113. The fourth-order valence-corrected chi connectivity index (χ4v) is 2.20. The van der Waals surface area contributed by atoms with Gasteiger partial charge in [0, 0.05) is 17.8 Å². The second-order valence-corrected chi connectivity index (χ2v) is 5.33. The Morgan fingerprint density at radius 3 is 2.64 bits per heavy atom. The van der Waals surface area contributed by atoms with Gasteiger partial charge < -0.3 is 9.64 Å². The number of aromatic nitrogens is 1. The van der Waals surface area contributed by atoms with Gasteiger partial charge >= 0.3 is 0 Å². The van der Waals surface area contributed by atoms with E-state index in [9.17, 15) is 13.6 Å². The van der Waals surface area contributed by atoms with Crippen molar-refractivity contribution in [3.63, 3.8) is 0 Å². The van der Waals surface area contributed by atoms with Crippen LogP contribution < -0.4 is 4.74 Å². The molecule has 2 aromatic rings. The molecule has 0 aliphatic carbocycles. The third-order valence-electron chi connectivity index (χ3n) is 3.29. The van der Waals surface area contributed by atoms with Crippen LogP contribution in [0.3, 0.4) is 0 Å². The highest BCUT2D eigenvalue weighted by molar-refractivity contribution is 6.30. The molecule has 0 saturated carbocycles. The minimum atomic E-state index is -1.04. The second-order valence-electron chi connectivity index (χ2n) is 4.89. The van der Waals surface area contributed by atoms with Crippen LogP contribution in [0.25, 0.3) is 0 Å². The summed E-state index contributed by atoms with van der Waals surface area (Å²) in [5.74, 6) is -1.95. The summed E-state index contributed by atoms with van der Waals surface area (Å²) in [7, 11) is 0. The average molecular weight is 325 g/mol. The number of amides is 1. The maximum absolute atomic E-state index is 13.1. The maximum Gasteiger partial charge on any atom is 0.254 e. The van der Waals surface area contributed by atoms with Gasteiger partial charge in [0.15, 0.2) is 11.6 Å². The van der Waals surface area contributed by atoms with Crippen molar-refractivity contribution >= 4 is 17.5 Å². The lowest BCUT2D eigenvalue weighted by molar-refractivity contribution is 0.0160. The number of ether oxygens (including phenoxy) is 1. The largest absolute Gasteiger partial charge is 0.471 e. The van der Waals surface area contributed by atoms with E-state index in [1.54, 1.807) is 12.1 Å². The summed E-state index contributed by atoms with van der Waals surface area (Å²) in [5, 5.41) is 0.510. The molecule has 2 heterocycles. The van der Waals surface area contributed by atoms with E-state index in [0.717, 1.165) is 12.1 Å². The minimum Gasteiger partial charge on any atom is -0.471 e. The van der Waals surface area contributed by atoms with Crippen LogP contribution in [0.1, 0.15) is 10.4 Å². The summed E-state index contributed by atoms with van der Waals surface area (Å²) >= 11 is 5.72. The molecule has 1 aromatic heterocycles. The molecule has 1 aromatic carbocycles. The highest BCUT2D eigenvalue weighted by atomic mass is 35.5. The van der Waals surface area contributed by atoms with Gasteiger partial charge in [-0.15, -0.1) is 0 Å². The molecule has 7 heteroatoms. The van der Waals surface area contributed by atoms with Crippen LogP contribution in [-0.4, -0.2) is 35.0 Å². The molecule has 0 bridgehead atoms. The molecule has 1 fully saturated rings. The number of halogens is 3. The SMILES string of the molecule is O=C(c1ccc(F)c(F)c1)N1CC(Oc2ccc(Cl)cn2)C1. The van der Waals surface area contributed by atoms with Crippen LogP contribution in [0.15, 0.2) is 36.5 Å². The van der Waals surface area contributed by atoms with Crippen molar-refractivity contribution in [2.45, 2.75) is 6.10 Å². The number of hydrogen-bond donors (Lipinski definition) is 0. The fourth-order valence-electron chi connectivity index (χ4n) is 2.09. The van der Waals surface area contributed by atoms with Crippen LogP contribution in [0.2, 0.25) is 5.02 Å². The van der Waals surface area contributed by atoms with E-state index < -0.39 is 11.6 Å². The van der Waals surface area contributed by atoms with E-state index in [-0.39, 0.29) is 17.6 Å². The molecule has 22 heavy (non-hydrogen) atoms. The average Bonchev–Trinajstić information content (AvgIpc) is 2.46. The Kier molecular flexibility index (Phi) is 3.94. The Hall–Kier alpha value is -2.21. The number of pyridine rings is 1. The first-order valence-electron chi connectivity index (χ1n) is 6.55. The van der Waals surface area contributed by atoms with E-state index in [4.69, 9.17) is 16.3 Å². The topological polar surface area (TPSA) is 42.4 Å². The zero-order valence-corrected chi connectivity index (χ0v) is 12.1. The number of hydrogen-bond acceptors (Lipinski definition) is 3. The van der Waals surface area contributed by atoms with Crippen molar-refractivity contribution in [3.05, 3.63) is 58.7 Å². The van der Waals surface area contributed by atoms with Crippen LogP contribution in [-0.2, 0) is 0 Å². The lowest BCUT2D eigenvalue weighted by atomic mass is 10.1. The quantitative estimate of drug-likeness (QED) is 0.872. The Morgan fingerprint density at radius 1 is 1.23 bits per heavy atom.